The summed E-state index contributed by atoms with van der Waals surface area (Å²) in [4.78, 5) is 22.2. The number of amides is 1. The smallest absolute Gasteiger partial charge is 0.340 e. The molecule has 6 nitrogen and oxygen atoms in total. The molecule has 0 aliphatic heterocycles. The van der Waals surface area contributed by atoms with Gasteiger partial charge in [0.2, 0.25) is 0 Å². The lowest BCUT2D eigenvalue weighted by Gasteiger charge is -2.05. The van der Waals surface area contributed by atoms with Gasteiger partial charge in [-0.05, 0) is 17.7 Å². The van der Waals surface area contributed by atoms with Crippen LogP contribution < -0.4 is 5.73 Å². The lowest BCUT2D eigenvalue weighted by molar-refractivity contribution is 0.0595. The van der Waals surface area contributed by atoms with E-state index in [0.717, 1.165) is 0 Å². The first-order valence-corrected chi connectivity index (χ1v) is 5.70. The number of ether oxygens (including phenoxy) is 1. The minimum Gasteiger partial charge on any atom is -0.465 e. The van der Waals surface area contributed by atoms with Gasteiger partial charge in [0.15, 0.2) is 0 Å². The van der Waals surface area contributed by atoms with E-state index in [1.807, 2.05) is 0 Å². The van der Waals surface area contributed by atoms with Crippen LogP contribution in [0.25, 0.3) is 0 Å². The second-order valence-electron chi connectivity index (χ2n) is 4.10. The minimum absolute atomic E-state index is 0.130. The molecule has 1 aromatic heterocycles. The first-order valence-electron chi connectivity index (χ1n) is 5.70. The van der Waals surface area contributed by atoms with Crippen molar-refractivity contribution in [2.75, 3.05) is 7.11 Å². The van der Waals surface area contributed by atoms with Crippen LogP contribution in [0.1, 0.15) is 26.3 Å². The largest absolute Gasteiger partial charge is 0.465 e. The lowest BCUT2D eigenvalue weighted by atomic mass is 10.1. The van der Waals surface area contributed by atoms with Gasteiger partial charge in [-0.1, -0.05) is 6.07 Å². The third kappa shape index (κ3) is 2.82. The van der Waals surface area contributed by atoms with Crippen molar-refractivity contribution in [3.63, 3.8) is 0 Å². The van der Waals surface area contributed by atoms with Crippen LogP contribution >= 0.6 is 0 Å². The summed E-state index contributed by atoms with van der Waals surface area (Å²) in [5.41, 5.74) is 5.85. The van der Waals surface area contributed by atoms with Crippen LogP contribution in [-0.2, 0) is 11.3 Å². The van der Waals surface area contributed by atoms with E-state index >= 15 is 0 Å². The van der Waals surface area contributed by atoms with Crippen LogP contribution in [0, 0.1) is 5.82 Å². The van der Waals surface area contributed by atoms with Crippen molar-refractivity contribution in [2.45, 2.75) is 6.54 Å². The Morgan fingerprint density at radius 1 is 1.45 bits per heavy atom. The number of halogens is 1. The molecule has 1 amide bonds. The first-order chi connectivity index (χ1) is 9.51. The Labute approximate surface area is 113 Å². The molecule has 7 heteroatoms. The summed E-state index contributed by atoms with van der Waals surface area (Å²) in [6, 6.07) is 4.15. The number of carbonyl (C=O) groups excluding carboxylic acids is 2. The normalized spacial score (nSPS) is 10.3. The third-order valence-electron chi connectivity index (χ3n) is 2.70. The molecule has 0 fully saturated rings. The van der Waals surface area contributed by atoms with Gasteiger partial charge in [0.25, 0.3) is 5.91 Å². The minimum atomic E-state index is -0.732. The van der Waals surface area contributed by atoms with Gasteiger partial charge in [0.1, 0.15) is 5.82 Å². The second kappa shape index (κ2) is 5.52. The van der Waals surface area contributed by atoms with Crippen molar-refractivity contribution >= 4 is 11.9 Å². The van der Waals surface area contributed by atoms with Crippen molar-refractivity contribution in [1.29, 1.82) is 0 Å². The highest BCUT2D eigenvalue weighted by Gasteiger charge is 2.12. The van der Waals surface area contributed by atoms with E-state index in [1.54, 1.807) is 6.07 Å². The fraction of sp³-hybridized carbons (Fsp3) is 0.154. The zero-order chi connectivity index (χ0) is 14.7. The summed E-state index contributed by atoms with van der Waals surface area (Å²) >= 11 is 0. The molecule has 0 atom stereocenters. The van der Waals surface area contributed by atoms with E-state index in [4.69, 9.17) is 5.73 Å². The molecule has 0 unspecified atom stereocenters. The average molecular weight is 277 g/mol. The Balaban J connectivity index is 2.19. The van der Waals surface area contributed by atoms with E-state index in [2.05, 4.69) is 9.84 Å². The van der Waals surface area contributed by atoms with Gasteiger partial charge >= 0.3 is 5.97 Å². The predicted octanol–water partition coefficient (Wildman–Crippen LogP) is 0.956. The number of methoxy groups -OCH3 is 1. The highest BCUT2D eigenvalue weighted by molar-refractivity contribution is 5.92. The number of hydrogen-bond acceptors (Lipinski definition) is 4. The van der Waals surface area contributed by atoms with E-state index in [-0.39, 0.29) is 17.7 Å². The zero-order valence-corrected chi connectivity index (χ0v) is 10.7. The van der Waals surface area contributed by atoms with Crippen LogP contribution in [0.15, 0.2) is 30.6 Å². The first kappa shape index (κ1) is 13.7. The highest BCUT2D eigenvalue weighted by Crippen LogP contribution is 2.13. The predicted molar refractivity (Wildman–Crippen MR) is 67.6 cm³/mol. The fourth-order valence-corrected chi connectivity index (χ4v) is 1.70. The molecular formula is C13H12FN3O3. The highest BCUT2D eigenvalue weighted by atomic mass is 19.1. The second-order valence-corrected chi connectivity index (χ2v) is 4.10. The molecule has 2 rings (SSSR count). The number of primary amides is 1. The Hall–Kier alpha value is -2.70. The number of esters is 1. The molecule has 0 aliphatic rings. The number of carbonyl (C=O) groups is 2. The maximum atomic E-state index is 13.7. The van der Waals surface area contributed by atoms with Gasteiger partial charge in [0, 0.05) is 6.20 Å². The van der Waals surface area contributed by atoms with E-state index in [0.29, 0.717) is 5.56 Å². The van der Waals surface area contributed by atoms with E-state index < -0.39 is 17.7 Å². The lowest BCUT2D eigenvalue weighted by Crippen LogP contribution is -2.10. The van der Waals surface area contributed by atoms with Crippen LogP contribution in [0.3, 0.4) is 0 Å². The molecule has 20 heavy (non-hydrogen) atoms. The molecule has 0 spiro atoms. The van der Waals surface area contributed by atoms with Crippen molar-refractivity contribution in [3.05, 3.63) is 53.1 Å². The summed E-state index contributed by atoms with van der Waals surface area (Å²) in [6.07, 6.45) is 2.80. The number of nitrogens with two attached hydrogens (primary N) is 1. The zero-order valence-electron chi connectivity index (χ0n) is 10.7. The molecule has 0 radical (unpaired) electrons. The molecule has 2 N–H and O–H groups in total. The Morgan fingerprint density at radius 2 is 2.20 bits per heavy atom. The Morgan fingerprint density at radius 3 is 2.75 bits per heavy atom. The Bertz CT molecular complexity index is 667. The standard InChI is InChI=1S/C13H12FN3O3/c1-20-13(19)10-3-2-8(4-11(10)14)6-17-7-9(5-16-17)12(15)18/h2-5,7H,6H2,1H3,(H2,15,18). The SMILES string of the molecule is COC(=O)c1ccc(Cn2cc(C(N)=O)cn2)cc1F. The summed E-state index contributed by atoms with van der Waals surface area (Å²) in [7, 11) is 1.19. The molecule has 1 aromatic carbocycles. The van der Waals surface area contributed by atoms with Gasteiger partial charge in [-0.3, -0.25) is 9.48 Å². The van der Waals surface area contributed by atoms with Crippen molar-refractivity contribution < 1.29 is 18.7 Å². The average Bonchev–Trinajstić information content (AvgIpc) is 2.87. The van der Waals surface area contributed by atoms with Gasteiger partial charge < -0.3 is 10.5 Å². The number of rotatable bonds is 4. The molecular weight excluding hydrogens is 265 g/mol. The maximum absolute atomic E-state index is 13.7. The summed E-state index contributed by atoms with van der Waals surface area (Å²) in [5, 5.41) is 3.94. The fourth-order valence-electron chi connectivity index (χ4n) is 1.70. The number of benzene rings is 1. The van der Waals surface area contributed by atoms with Crippen LogP contribution in [0.5, 0.6) is 0 Å². The Kier molecular flexibility index (Phi) is 3.79. The molecule has 0 bridgehead atoms. The van der Waals surface area contributed by atoms with Crippen LogP contribution in [-0.4, -0.2) is 28.8 Å². The molecule has 0 aliphatic carbocycles. The number of hydrogen-bond donors (Lipinski definition) is 1. The summed E-state index contributed by atoms with van der Waals surface area (Å²) < 4.78 is 19.6. The molecule has 0 saturated heterocycles. The van der Waals surface area contributed by atoms with Crippen LogP contribution in [0.4, 0.5) is 4.39 Å². The van der Waals surface area contributed by atoms with E-state index in [1.165, 1.54) is 36.3 Å². The quantitative estimate of drug-likeness (QED) is 0.843. The number of aromatic nitrogens is 2. The van der Waals surface area contributed by atoms with Crippen molar-refractivity contribution in [3.8, 4) is 0 Å². The number of nitrogens with zero attached hydrogens (tertiary/aromatic N) is 2. The topological polar surface area (TPSA) is 87.2 Å². The van der Waals surface area contributed by atoms with Crippen LogP contribution in [0.2, 0.25) is 0 Å². The summed E-state index contributed by atoms with van der Waals surface area (Å²) in [6.45, 7) is 0.256. The monoisotopic (exact) mass is 277 g/mol. The van der Waals surface area contributed by atoms with Crippen molar-refractivity contribution in [2.24, 2.45) is 5.73 Å². The molecule has 1 heterocycles. The molecule has 2 aromatic rings. The van der Waals surface area contributed by atoms with Gasteiger partial charge in [-0.2, -0.15) is 5.10 Å². The molecule has 104 valence electrons. The third-order valence-corrected chi connectivity index (χ3v) is 2.70. The maximum Gasteiger partial charge on any atom is 0.340 e. The van der Waals surface area contributed by atoms with Gasteiger partial charge in [-0.25, -0.2) is 9.18 Å². The van der Waals surface area contributed by atoms with Gasteiger partial charge in [0.05, 0.1) is 31.0 Å². The molecule has 0 saturated carbocycles. The summed E-state index contributed by atoms with van der Waals surface area (Å²) in [5.74, 6) is -1.98. The van der Waals surface area contributed by atoms with Gasteiger partial charge in [-0.15, -0.1) is 0 Å². The van der Waals surface area contributed by atoms with Crippen molar-refractivity contribution in [1.82, 2.24) is 9.78 Å². The van der Waals surface area contributed by atoms with E-state index in [9.17, 15) is 14.0 Å².